The molecule has 7 heteroatoms. The van der Waals surface area contributed by atoms with Crippen LogP contribution in [0, 0.1) is 11.7 Å². The van der Waals surface area contributed by atoms with Crippen LogP contribution in [0.25, 0.3) is 0 Å². The van der Waals surface area contributed by atoms with Gasteiger partial charge < -0.3 is 4.74 Å². The van der Waals surface area contributed by atoms with E-state index >= 15 is 0 Å². The van der Waals surface area contributed by atoms with Gasteiger partial charge in [0, 0.05) is 25.2 Å². The Balaban J connectivity index is 1.38. The maximum Gasteiger partial charge on any atom is 0.416 e. The molecule has 2 aliphatic rings. The maximum absolute atomic E-state index is 14.6. The first-order valence-corrected chi connectivity index (χ1v) is 11.5. The number of nitrogens with zero attached hydrogens (tertiary/aromatic N) is 1. The number of methoxy groups -OCH3 is 1. The molecular weight excluding hydrogens is 434 g/mol. The lowest BCUT2D eigenvalue weighted by Crippen LogP contribution is -2.50. The number of rotatable bonds is 7. The predicted octanol–water partition coefficient (Wildman–Crippen LogP) is 5.89. The number of hydrogen-bond acceptors (Lipinski definition) is 3. The zero-order valence-electron chi connectivity index (χ0n) is 18.8. The first-order chi connectivity index (χ1) is 15.7. The lowest BCUT2D eigenvalue weighted by Gasteiger charge is -2.37. The highest BCUT2D eigenvalue weighted by molar-refractivity contribution is 5.73. The van der Waals surface area contributed by atoms with Gasteiger partial charge in [-0.15, -0.1) is 0 Å². The van der Waals surface area contributed by atoms with E-state index in [1.165, 1.54) is 19.2 Å². The average molecular weight is 464 g/mol. The van der Waals surface area contributed by atoms with Crippen molar-refractivity contribution in [2.45, 2.75) is 57.2 Å². The predicted molar refractivity (Wildman–Crippen MR) is 117 cm³/mol. The van der Waals surface area contributed by atoms with Gasteiger partial charge in [0.1, 0.15) is 5.82 Å². The fourth-order valence-electron chi connectivity index (χ4n) is 5.02. The third kappa shape index (κ3) is 5.57. The van der Waals surface area contributed by atoms with Crippen molar-refractivity contribution in [2.24, 2.45) is 5.92 Å². The Hall–Kier alpha value is -2.41. The maximum atomic E-state index is 14.6. The highest BCUT2D eigenvalue weighted by Crippen LogP contribution is 2.42. The second-order valence-electron chi connectivity index (χ2n) is 9.24. The van der Waals surface area contributed by atoms with Gasteiger partial charge >= 0.3 is 12.1 Å². The van der Waals surface area contributed by atoms with E-state index in [1.807, 2.05) is 11.0 Å². The van der Waals surface area contributed by atoms with Gasteiger partial charge in [-0.25, -0.2) is 4.39 Å². The fourth-order valence-corrected chi connectivity index (χ4v) is 5.02. The number of carbonyl (C=O) groups excluding carboxylic acids is 1. The largest absolute Gasteiger partial charge is 0.469 e. The van der Waals surface area contributed by atoms with Crippen molar-refractivity contribution in [2.75, 3.05) is 20.2 Å². The van der Waals surface area contributed by atoms with Crippen molar-refractivity contribution >= 4 is 5.97 Å². The Morgan fingerprint density at radius 1 is 1.03 bits per heavy atom. The quantitative estimate of drug-likeness (QED) is 0.379. The molecule has 0 aromatic heterocycles. The molecule has 1 saturated heterocycles. The van der Waals surface area contributed by atoms with E-state index in [0.717, 1.165) is 31.2 Å². The summed E-state index contributed by atoms with van der Waals surface area (Å²) in [4.78, 5) is 13.4. The SMILES string of the molecule is COC(=O)C1CN(Cc2ccc(CCc3ccc(C4CCCC4)c(C(F)(F)F)c3)cc2F)C1. The van der Waals surface area contributed by atoms with E-state index in [2.05, 4.69) is 0 Å². The Morgan fingerprint density at radius 3 is 2.27 bits per heavy atom. The molecule has 2 aromatic carbocycles. The molecule has 1 heterocycles. The monoisotopic (exact) mass is 463 g/mol. The van der Waals surface area contributed by atoms with Crippen LogP contribution >= 0.6 is 0 Å². The third-order valence-electron chi connectivity index (χ3n) is 6.92. The number of carbonyl (C=O) groups is 1. The Kier molecular flexibility index (Phi) is 7.07. The van der Waals surface area contributed by atoms with Crippen LogP contribution in [0.4, 0.5) is 17.6 Å². The lowest BCUT2D eigenvalue weighted by atomic mass is 9.90. The highest BCUT2D eigenvalue weighted by atomic mass is 19.4. The Morgan fingerprint density at radius 2 is 1.67 bits per heavy atom. The Bertz CT molecular complexity index is 992. The van der Waals surface area contributed by atoms with Gasteiger partial charge in [0.15, 0.2) is 0 Å². The minimum absolute atomic E-state index is 0.00776. The number of alkyl halides is 3. The zero-order valence-corrected chi connectivity index (χ0v) is 18.8. The molecular formula is C26H29F4NO2. The van der Waals surface area contributed by atoms with Crippen molar-refractivity contribution in [1.29, 1.82) is 0 Å². The second-order valence-corrected chi connectivity index (χ2v) is 9.24. The van der Waals surface area contributed by atoms with E-state index in [1.54, 1.807) is 18.2 Å². The molecule has 4 rings (SSSR count). The summed E-state index contributed by atoms with van der Waals surface area (Å²) < 4.78 is 60.4. The van der Waals surface area contributed by atoms with Gasteiger partial charge in [0.2, 0.25) is 0 Å². The summed E-state index contributed by atoms with van der Waals surface area (Å²) in [5.74, 6) is -0.737. The van der Waals surface area contributed by atoms with Gasteiger partial charge in [-0.3, -0.25) is 9.69 Å². The van der Waals surface area contributed by atoms with Crippen LogP contribution in [-0.4, -0.2) is 31.1 Å². The molecule has 0 bridgehead atoms. The molecule has 0 atom stereocenters. The molecule has 178 valence electrons. The first kappa shape index (κ1) is 23.7. The summed E-state index contributed by atoms with van der Waals surface area (Å²) >= 11 is 0. The minimum atomic E-state index is -4.37. The average Bonchev–Trinajstić information content (AvgIpc) is 3.29. The van der Waals surface area contributed by atoms with E-state index in [-0.39, 0.29) is 23.6 Å². The van der Waals surface area contributed by atoms with Gasteiger partial charge in [0.25, 0.3) is 0 Å². The van der Waals surface area contributed by atoms with Gasteiger partial charge in [0.05, 0.1) is 18.6 Å². The molecule has 0 amide bonds. The summed E-state index contributed by atoms with van der Waals surface area (Å²) in [7, 11) is 1.36. The molecule has 1 saturated carbocycles. The first-order valence-electron chi connectivity index (χ1n) is 11.5. The number of esters is 1. The van der Waals surface area contributed by atoms with Crippen LogP contribution in [0.15, 0.2) is 36.4 Å². The fraction of sp³-hybridized carbons (Fsp3) is 0.500. The van der Waals surface area contributed by atoms with E-state index in [4.69, 9.17) is 4.74 Å². The van der Waals surface area contributed by atoms with Crippen LogP contribution in [-0.2, 0) is 35.1 Å². The summed E-state index contributed by atoms with van der Waals surface area (Å²) in [6.45, 7) is 1.51. The number of benzene rings is 2. The standard InChI is InChI=1S/C26H29F4NO2/c1-33-25(32)21-15-31(16-21)14-20-10-8-18(13-24(20)27)7-6-17-9-11-22(19-4-2-3-5-19)23(12-17)26(28,29)30/h8-13,19,21H,2-7,14-16H2,1H3. The summed E-state index contributed by atoms with van der Waals surface area (Å²) in [6, 6.07) is 9.72. The third-order valence-corrected chi connectivity index (χ3v) is 6.92. The lowest BCUT2D eigenvalue weighted by molar-refractivity contribution is -0.151. The summed E-state index contributed by atoms with van der Waals surface area (Å²) in [5, 5.41) is 0. The van der Waals surface area contributed by atoms with Crippen LogP contribution in [0.3, 0.4) is 0 Å². The van der Waals surface area contributed by atoms with E-state index in [0.29, 0.717) is 49.2 Å². The van der Waals surface area contributed by atoms with Crippen molar-refractivity contribution in [3.63, 3.8) is 0 Å². The topological polar surface area (TPSA) is 29.5 Å². The van der Waals surface area contributed by atoms with Crippen molar-refractivity contribution < 1.29 is 27.1 Å². The number of likely N-dealkylation sites (tertiary alicyclic amines) is 1. The van der Waals surface area contributed by atoms with Crippen LogP contribution in [0.1, 0.15) is 59.4 Å². The molecule has 1 aliphatic heterocycles. The normalized spacial score (nSPS) is 17.8. The Labute approximate surface area is 191 Å². The smallest absolute Gasteiger partial charge is 0.416 e. The zero-order chi connectivity index (χ0) is 23.6. The molecule has 2 fully saturated rings. The van der Waals surface area contributed by atoms with E-state index < -0.39 is 11.7 Å². The molecule has 0 unspecified atom stereocenters. The van der Waals surface area contributed by atoms with Crippen LogP contribution in [0.2, 0.25) is 0 Å². The van der Waals surface area contributed by atoms with Crippen LogP contribution < -0.4 is 0 Å². The number of halogens is 4. The molecule has 1 aliphatic carbocycles. The molecule has 0 radical (unpaired) electrons. The summed E-state index contributed by atoms with van der Waals surface area (Å²) in [5.41, 5.74) is 1.80. The number of aryl methyl sites for hydroxylation is 2. The van der Waals surface area contributed by atoms with Gasteiger partial charge in [-0.1, -0.05) is 37.1 Å². The van der Waals surface area contributed by atoms with Crippen LogP contribution in [0.5, 0.6) is 0 Å². The van der Waals surface area contributed by atoms with Crippen molar-refractivity contribution in [3.05, 3.63) is 70.0 Å². The summed E-state index contributed by atoms with van der Waals surface area (Å²) in [6.07, 6.45) is 0.101. The number of ether oxygens (including phenoxy) is 1. The molecule has 33 heavy (non-hydrogen) atoms. The van der Waals surface area contributed by atoms with E-state index in [9.17, 15) is 22.4 Å². The molecule has 0 N–H and O–H groups in total. The second kappa shape index (κ2) is 9.84. The molecule has 3 nitrogen and oxygen atoms in total. The van der Waals surface area contributed by atoms with Gasteiger partial charge in [-0.05, 0) is 60.4 Å². The van der Waals surface area contributed by atoms with Gasteiger partial charge in [-0.2, -0.15) is 13.2 Å². The molecule has 2 aromatic rings. The molecule has 0 spiro atoms. The number of hydrogen-bond donors (Lipinski definition) is 0. The van der Waals surface area contributed by atoms with Crippen molar-refractivity contribution in [1.82, 2.24) is 4.90 Å². The minimum Gasteiger partial charge on any atom is -0.469 e. The van der Waals surface area contributed by atoms with Crippen molar-refractivity contribution in [3.8, 4) is 0 Å². The highest BCUT2D eigenvalue weighted by Gasteiger charge is 2.36.